The minimum atomic E-state index is -3.16. The van der Waals surface area contributed by atoms with Gasteiger partial charge in [-0.05, 0) is 48.5 Å². The summed E-state index contributed by atoms with van der Waals surface area (Å²) in [4.78, 5) is 0. The third-order valence-electron chi connectivity index (χ3n) is 2.32. The van der Waals surface area contributed by atoms with Crippen molar-refractivity contribution < 1.29 is 13.2 Å². The van der Waals surface area contributed by atoms with Crippen LogP contribution >= 0.6 is 15.9 Å². The highest BCUT2D eigenvalue weighted by molar-refractivity contribution is 9.10. The monoisotopic (exact) mass is 299 g/mol. The first-order valence-corrected chi connectivity index (χ1v) is 5.60. The van der Waals surface area contributed by atoms with E-state index < -0.39 is 11.7 Å². The van der Waals surface area contributed by atoms with Crippen LogP contribution in [0.3, 0.4) is 0 Å². The Morgan fingerprint density at radius 2 is 1.65 bits per heavy atom. The summed E-state index contributed by atoms with van der Waals surface area (Å²) in [6, 6.07) is 10.9. The first-order valence-electron chi connectivity index (χ1n) is 4.81. The van der Waals surface area contributed by atoms with Crippen molar-refractivity contribution in [3.05, 3.63) is 69.9 Å². The van der Waals surface area contributed by atoms with E-state index in [2.05, 4.69) is 22.0 Å². The van der Waals surface area contributed by atoms with E-state index in [1.807, 2.05) is 0 Å². The molecule has 0 fully saturated rings. The number of hydrogen-bond acceptors (Lipinski definition) is 0. The van der Waals surface area contributed by atoms with Crippen LogP contribution in [0.4, 0.5) is 13.2 Å². The second kappa shape index (κ2) is 4.53. The Balaban J connectivity index is 2.45. The SMILES string of the molecule is Fc1ccc(C(F)(F)c2c[c]cc(Br)c2)cc1. The van der Waals surface area contributed by atoms with Crippen molar-refractivity contribution >= 4 is 15.9 Å². The molecule has 2 aromatic rings. The van der Waals surface area contributed by atoms with Crippen LogP contribution in [0.25, 0.3) is 0 Å². The van der Waals surface area contributed by atoms with Gasteiger partial charge >= 0.3 is 0 Å². The smallest absolute Gasteiger partial charge is 0.207 e. The van der Waals surface area contributed by atoms with Crippen LogP contribution in [0.15, 0.2) is 46.9 Å². The largest absolute Gasteiger partial charge is 0.298 e. The molecule has 0 aliphatic heterocycles. The average molecular weight is 300 g/mol. The molecule has 0 nitrogen and oxygen atoms in total. The third-order valence-corrected chi connectivity index (χ3v) is 2.78. The van der Waals surface area contributed by atoms with Crippen LogP contribution in [0.2, 0.25) is 0 Å². The molecule has 4 heteroatoms. The van der Waals surface area contributed by atoms with Crippen LogP contribution in [0, 0.1) is 11.9 Å². The van der Waals surface area contributed by atoms with Crippen molar-refractivity contribution in [2.24, 2.45) is 0 Å². The Bertz CT molecular complexity index is 520. The van der Waals surface area contributed by atoms with Crippen molar-refractivity contribution in [2.75, 3.05) is 0 Å². The predicted molar refractivity (Wildman–Crippen MR) is 62.4 cm³/mol. The van der Waals surface area contributed by atoms with Gasteiger partial charge in [0.1, 0.15) is 5.82 Å². The summed E-state index contributed by atoms with van der Waals surface area (Å²) in [7, 11) is 0. The van der Waals surface area contributed by atoms with Gasteiger partial charge in [0, 0.05) is 15.6 Å². The second-order valence-corrected chi connectivity index (χ2v) is 4.44. The molecule has 0 spiro atoms. The van der Waals surface area contributed by atoms with Crippen LogP contribution in [0.1, 0.15) is 11.1 Å². The summed E-state index contributed by atoms with van der Waals surface area (Å²) in [5.41, 5.74) is -0.427. The van der Waals surface area contributed by atoms with Gasteiger partial charge in [-0.25, -0.2) is 4.39 Å². The van der Waals surface area contributed by atoms with Crippen molar-refractivity contribution in [3.8, 4) is 0 Å². The Hall–Kier alpha value is -1.29. The van der Waals surface area contributed by atoms with E-state index in [1.54, 1.807) is 6.07 Å². The molecule has 1 radical (unpaired) electrons. The number of hydrogen-bond donors (Lipinski definition) is 0. The minimum Gasteiger partial charge on any atom is -0.207 e. The highest BCUT2D eigenvalue weighted by atomic mass is 79.9. The van der Waals surface area contributed by atoms with Crippen LogP contribution in [-0.4, -0.2) is 0 Å². The molecule has 0 N–H and O–H groups in total. The van der Waals surface area contributed by atoms with Crippen molar-refractivity contribution in [1.82, 2.24) is 0 Å². The number of alkyl halides is 2. The first kappa shape index (κ1) is 12.2. The second-order valence-electron chi connectivity index (χ2n) is 3.52. The van der Waals surface area contributed by atoms with Crippen molar-refractivity contribution in [1.29, 1.82) is 0 Å². The highest BCUT2D eigenvalue weighted by Gasteiger charge is 2.33. The van der Waals surface area contributed by atoms with E-state index in [0.717, 1.165) is 24.3 Å². The fraction of sp³-hybridized carbons (Fsp3) is 0.0769. The number of rotatable bonds is 2. The zero-order valence-corrected chi connectivity index (χ0v) is 10.1. The number of halogens is 4. The van der Waals surface area contributed by atoms with E-state index in [9.17, 15) is 13.2 Å². The van der Waals surface area contributed by atoms with Gasteiger partial charge in [0.25, 0.3) is 5.92 Å². The third kappa shape index (κ3) is 2.52. The molecule has 0 bridgehead atoms. The molecule has 0 atom stereocenters. The van der Waals surface area contributed by atoms with Crippen molar-refractivity contribution in [3.63, 3.8) is 0 Å². The molecule has 0 heterocycles. The van der Waals surface area contributed by atoms with E-state index in [4.69, 9.17) is 0 Å². The van der Waals surface area contributed by atoms with Gasteiger partial charge in [0.15, 0.2) is 0 Å². The Morgan fingerprint density at radius 1 is 1.00 bits per heavy atom. The molecule has 87 valence electrons. The molecular formula is C13H7BrF3. The maximum absolute atomic E-state index is 14.0. The topological polar surface area (TPSA) is 0 Å². The van der Waals surface area contributed by atoms with Gasteiger partial charge in [-0.3, -0.25) is 0 Å². The highest BCUT2D eigenvalue weighted by Crippen LogP contribution is 2.36. The summed E-state index contributed by atoms with van der Waals surface area (Å²) >= 11 is 3.11. The lowest BCUT2D eigenvalue weighted by atomic mass is 10.0. The molecule has 0 aromatic heterocycles. The molecule has 0 aliphatic carbocycles. The summed E-state index contributed by atoms with van der Waals surface area (Å²) in [6.07, 6.45) is 0. The van der Waals surface area contributed by atoms with Gasteiger partial charge in [-0.15, -0.1) is 0 Å². The van der Waals surface area contributed by atoms with Gasteiger partial charge in [-0.2, -0.15) is 8.78 Å². The first-order chi connectivity index (χ1) is 8.00. The van der Waals surface area contributed by atoms with E-state index in [0.29, 0.717) is 4.47 Å². The molecule has 2 aromatic carbocycles. The fourth-order valence-corrected chi connectivity index (χ4v) is 1.83. The van der Waals surface area contributed by atoms with Crippen LogP contribution in [-0.2, 0) is 5.92 Å². The molecular weight excluding hydrogens is 293 g/mol. The lowest BCUT2D eigenvalue weighted by Gasteiger charge is -2.17. The van der Waals surface area contributed by atoms with Crippen molar-refractivity contribution in [2.45, 2.75) is 5.92 Å². The molecule has 0 saturated carbocycles. The Labute approximate surface area is 105 Å². The molecule has 0 unspecified atom stereocenters. The molecule has 0 saturated heterocycles. The summed E-state index contributed by atoms with van der Waals surface area (Å²) in [5, 5.41) is 0. The van der Waals surface area contributed by atoms with E-state index >= 15 is 0 Å². The van der Waals surface area contributed by atoms with Gasteiger partial charge < -0.3 is 0 Å². The van der Waals surface area contributed by atoms with Crippen LogP contribution < -0.4 is 0 Å². The maximum atomic E-state index is 14.0. The van der Waals surface area contributed by atoms with Gasteiger partial charge in [0.05, 0.1) is 0 Å². The number of benzene rings is 2. The summed E-state index contributed by atoms with van der Waals surface area (Å²) in [6.45, 7) is 0. The summed E-state index contributed by atoms with van der Waals surface area (Å²) < 4.78 is 41.3. The zero-order chi connectivity index (χ0) is 12.5. The Kier molecular flexibility index (Phi) is 3.24. The maximum Gasteiger partial charge on any atom is 0.298 e. The predicted octanol–water partition coefficient (Wildman–Crippen LogP) is 4.53. The quantitative estimate of drug-likeness (QED) is 0.764. The minimum absolute atomic E-state index is 0.182. The molecule has 0 aliphatic rings. The molecule has 2 rings (SSSR count). The molecule has 17 heavy (non-hydrogen) atoms. The van der Waals surface area contributed by atoms with E-state index in [-0.39, 0.29) is 11.1 Å². The normalized spacial score (nSPS) is 11.5. The lowest BCUT2D eigenvalue weighted by Crippen LogP contribution is -2.15. The Morgan fingerprint density at radius 3 is 2.24 bits per heavy atom. The van der Waals surface area contributed by atoms with Gasteiger partial charge in [0.2, 0.25) is 0 Å². The average Bonchev–Trinajstić information content (AvgIpc) is 2.29. The summed E-state index contributed by atoms with van der Waals surface area (Å²) in [5.74, 6) is -3.70. The zero-order valence-electron chi connectivity index (χ0n) is 8.55. The van der Waals surface area contributed by atoms with Gasteiger partial charge in [-0.1, -0.05) is 15.9 Å². The lowest BCUT2D eigenvalue weighted by molar-refractivity contribution is 0.0427. The van der Waals surface area contributed by atoms with E-state index in [1.165, 1.54) is 12.1 Å². The standard InChI is InChI=1S/C13H7BrF3/c14-11-3-1-2-10(8-11)13(16,17)9-4-6-12(15)7-5-9/h2-8H. The molecule has 0 amide bonds. The fourth-order valence-electron chi connectivity index (χ4n) is 1.45. The van der Waals surface area contributed by atoms with Crippen LogP contribution in [0.5, 0.6) is 0 Å².